The smallest absolute Gasteiger partial charge is 0.0216 e. The summed E-state index contributed by atoms with van der Waals surface area (Å²) in [6.07, 6.45) is 7.60. The van der Waals surface area contributed by atoms with Crippen LogP contribution in [0.4, 0.5) is 0 Å². The quantitative estimate of drug-likeness (QED) is 0.528. The van der Waals surface area contributed by atoms with Crippen LogP contribution in [-0.2, 0) is 0 Å². The molecule has 0 amide bonds. The maximum atomic E-state index is 3.89. The summed E-state index contributed by atoms with van der Waals surface area (Å²) in [4.78, 5) is 0. The van der Waals surface area contributed by atoms with Gasteiger partial charge in [-0.05, 0) is 31.1 Å². The molecule has 12 heavy (non-hydrogen) atoms. The zero-order chi connectivity index (χ0) is 9.40. The molecule has 0 saturated carbocycles. The highest BCUT2D eigenvalue weighted by Crippen LogP contribution is 2.28. The summed E-state index contributed by atoms with van der Waals surface area (Å²) in [5.74, 6) is 2.63. The maximum absolute atomic E-state index is 3.89. The van der Waals surface area contributed by atoms with E-state index < -0.39 is 0 Å². The van der Waals surface area contributed by atoms with Crippen molar-refractivity contribution in [3.63, 3.8) is 0 Å². The Balaban J connectivity index is 3.75. The highest BCUT2D eigenvalue weighted by Gasteiger charge is 2.15. The number of rotatable bonds is 7. The molecule has 0 fully saturated rings. The molecule has 0 aromatic rings. The summed E-state index contributed by atoms with van der Waals surface area (Å²) in [5, 5.41) is 0. The van der Waals surface area contributed by atoms with Gasteiger partial charge in [-0.1, -0.05) is 47.0 Å². The molecule has 0 rings (SSSR count). The van der Waals surface area contributed by atoms with Crippen molar-refractivity contribution in [2.75, 3.05) is 0 Å². The van der Waals surface area contributed by atoms with E-state index >= 15 is 0 Å². The average Bonchev–Trinajstić information content (AvgIpc) is 2.12. The lowest BCUT2D eigenvalue weighted by Crippen LogP contribution is -2.10. The van der Waals surface area contributed by atoms with E-state index in [4.69, 9.17) is 0 Å². The summed E-state index contributed by atoms with van der Waals surface area (Å²) >= 11 is 0. The molecule has 1 atom stereocenters. The van der Waals surface area contributed by atoms with Gasteiger partial charge in [0.1, 0.15) is 0 Å². The van der Waals surface area contributed by atoms with E-state index in [1.165, 1.54) is 32.1 Å². The van der Waals surface area contributed by atoms with Crippen LogP contribution in [0.5, 0.6) is 0 Å². The monoisotopic (exact) mass is 168 g/mol. The molecular weight excluding hydrogens is 144 g/mol. The predicted molar refractivity (Wildman–Crippen MR) is 56.8 cm³/mol. The van der Waals surface area contributed by atoms with Gasteiger partial charge in [0.15, 0.2) is 0 Å². The van der Waals surface area contributed by atoms with Crippen LogP contribution < -0.4 is 0 Å². The molecule has 0 heteroatoms. The van der Waals surface area contributed by atoms with Crippen LogP contribution in [0.1, 0.15) is 59.3 Å². The molecule has 0 heterocycles. The van der Waals surface area contributed by atoms with Crippen LogP contribution in [-0.4, -0.2) is 0 Å². The lowest BCUT2D eigenvalue weighted by molar-refractivity contribution is 0.437. The Hall–Kier alpha value is 0. The van der Waals surface area contributed by atoms with Crippen molar-refractivity contribution in [2.45, 2.75) is 59.3 Å². The van der Waals surface area contributed by atoms with Crippen molar-refractivity contribution in [1.82, 2.24) is 0 Å². The van der Waals surface area contributed by atoms with E-state index in [0.29, 0.717) is 0 Å². The molecule has 0 aliphatic heterocycles. The summed E-state index contributed by atoms with van der Waals surface area (Å²) in [7, 11) is 0. The van der Waals surface area contributed by atoms with Crippen molar-refractivity contribution in [2.24, 2.45) is 5.92 Å². The molecule has 0 nitrogen and oxygen atoms in total. The van der Waals surface area contributed by atoms with Crippen LogP contribution in [0, 0.1) is 18.8 Å². The molecular formula is C12H24. The fraction of sp³-hybridized carbons (Fsp3) is 0.833. The molecule has 0 aliphatic rings. The molecule has 0 saturated heterocycles. The standard InChI is InChI=1S/C12H24/c1-5-9-10-12(8-4)11(6-2)7-3/h12H,1,5-10H2,2-4H3. The first-order chi connectivity index (χ1) is 5.79. The SMILES string of the molecule is [CH2]CCCC(CC)[C](CC)CC. The lowest BCUT2D eigenvalue weighted by Gasteiger charge is -2.23. The van der Waals surface area contributed by atoms with Gasteiger partial charge in [0.05, 0.1) is 0 Å². The van der Waals surface area contributed by atoms with Gasteiger partial charge in [-0.3, -0.25) is 0 Å². The third-order valence-corrected chi connectivity index (χ3v) is 2.78. The molecule has 0 bridgehead atoms. The van der Waals surface area contributed by atoms with E-state index in [2.05, 4.69) is 27.7 Å². The van der Waals surface area contributed by atoms with Crippen LogP contribution in [0.25, 0.3) is 0 Å². The summed E-state index contributed by atoms with van der Waals surface area (Å²) in [6.45, 7) is 10.8. The third kappa shape index (κ3) is 4.13. The largest absolute Gasteiger partial charge is 0.0651 e. The van der Waals surface area contributed by atoms with Gasteiger partial charge >= 0.3 is 0 Å². The maximum Gasteiger partial charge on any atom is -0.0216 e. The minimum atomic E-state index is 0.877. The third-order valence-electron chi connectivity index (χ3n) is 2.78. The molecule has 0 spiro atoms. The van der Waals surface area contributed by atoms with Crippen LogP contribution in [0.2, 0.25) is 0 Å². The Morgan fingerprint density at radius 2 is 1.75 bits per heavy atom. The second-order valence-corrected chi connectivity index (χ2v) is 3.47. The summed E-state index contributed by atoms with van der Waals surface area (Å²) in [5.41, 5.74) is 0. The van der Waals surface area contributed by atoms with E-state index in [-0.39, 0.29) is 0 Å². The minimum Gasteiger partial charge on any atom is -0.0651 e. The highest BCUT2D eigenvalue weighted by atomic mass is 14.2. The number of unbranched alkanes of at least 4 members (excludes halogenated alkanes) is 1. The van der Waals surface area contributed by atoms with Gasteiger partial charge in [0.2, 0.25) is 0 Å². The Bertz CT molecular complexity index is 82.0. The molecule has 72 valence electrons. The van der Waals surface area contributed by atoms with Crippen molar-refractivity contribution < 1.29 is 0 Å². The van der Waals surface area contributed by atoms with E-state index in [1.54, 1.807) is 5.92 Å². The first-order valence-electron chi connectivity index (χ1n) is 5.43. The van der Waals surface area contributed by atoms with Crippen LogP contribution in [0.15, 0.2) is 0 Å². The second kappa shape index (κ2) is 7.64. The normalized spacial score (nSPS) is 13.8. The van der Waals surface area contributed by atoms with E-state index in [9.17, 15) is 0 Å². The van der Waals surface area contributed by atoms with Crippen LogP contribution in [0.3, 0.4) is 0 Å². The number of hydrogen-bond acceptors (Lipinski definition) is 0. The summed E-state index contributed by atoms with van der Waals surface area (Å²) < 4.78 is 0. The molecule has 0 N–H and O–H groups in total. The summed E-state index contributed by atoms with van der Waals surface area (Å²) in [6, 6.07) is 0. The Morgan fingerprint density at radius 3 is 2.08 bits per heavy atom. The van der Waals surface area contributed by atoms with Crippen molar-refractivity contribution >= 4 is 0 Å². The van der Waals surface area contributed by atoms with E-state index in [1.807, 2.05) is 0 Å². The Morgan fingerprint density at radius 1 is 1.17 bits per heavy atom. The fourth-order valence-corrected chi connectivity index (χ4v) is 1.92. The first kappa shape index (κ1) is 12.0. The van der Waals surface area contributed by atoms with Gasteiger partial charge in [-0.15, -0.1) is 0 Å². The zero-order valence-electron chi connectivity index (χ0n) is 9.03. The highest BCUT2D eigenvalue weighted by molar-refractivity contribution is 4.93. The van der Waals surface area contributed by atoms with Crippen molar-refractivity contribution in [1.29, 1.82) is 0 Å². The first-order valence-corrected chi connectivity index (χ1v) is 5.43. The van der Waals surface area contributed by atoms with E-state index in [0.717, 1.165) is 12.3 Å². The Kier molecular flexibility index (Phi) is 7.64. The lowest BCUT2D eigenvalue weighted by atomic mass is 9.83. The van der Waals surface area contributed by atoms with Gasteiger partial charge in [0.25, 0.3) is 0 Å². The van der Waals surface area contributed by atoms with Crippen LogP contribution >= 0.6 is 0 Å². The molecule has 0 aromatic carbocycles. The topological polar surface area (TPSA) is 0 Å². The predicted octanol–water partition coefficient (Wildman–Crippen LogP) is 4.41. The molecule has 1 unspecified atom stereocenters. The molecule has 0 aromatic heterocycles. The van der Waals surface area contributed by atoms with Gasteiger partial charge in [-0.2, -0.15) is 0 Å². The fourth-order valence-electron chi connectivity index (χ4n) is 1.92. The molecule has 2 radical (unpaired) electrons. The molecule has 0 aliphatic carbocycles. The number of hydrogen-bond donors (Lipinski definition) is 0. The average molecular weight is 168 g/mol. The minimum absolute atomic E-state index is 0.877. The van der Waals surface area contributed by atoms with Gasteiger partial charge in [-0.25, -0.2) is 0 Å². The Labute approximate surface area is 78.8 Å². The second-order valence-electron chi connectivity index (χ2n) is 3.47. The zero-order valence-corrected chi connectivity index (χ0v) is 9.03. The van der Waals surface area contributed by atoms with Gasteiger partial charge < -0.3 is 0 Å². The van der Waals surface area contributed by atoms with Crippen molar-refractivity contribution in [3.05, 3.63) is 12.8 Å². The van der Waals surface area contributed by atoms with Crippen molar-refractivity contribution in [3.8, 4) is 0 Å². The van der Waals surface area contributed by atoms with Gasteiger partial charge in [0, 0.05) is 0 Å².